The average molecular weight is 539 g/mol. The van der Waals surface area contributed by atoms with Crippen LogP contribution < -0.4 is 5.32 Å². The lowest BCUT2D eigenvalue weighted by Crippen LogP contribution is -2.16. The van der Waals surface area contributed by atoms with Gasteiger partial charge in [-0.1, -0.05) is 41.6 Å². The molecule has 1 amide bonds. The van der Waals surface area contributed by atoms with Crippen molar-refractivity contribution in [3.8, 4) is 22.5 Å². The van der Waals surface area contributed by atoms with Crippen LogP contribution in [0, 0.1) is 6.92 Å². The van der Waals surface area contributed by atoms with Crippen LogP contribution in [0.1, 0.15) is 39.2 Å². The number of thiophene rings is 2. The van der Waals surface area contributed by atoms with E-state index in [-0.39, 0.29) is 11.7 Å². The molecule has 1 aliphatic rings. The van der Waals surface area contributed by atoms with Crippen LogP contribution in [-0.4, -0.2) is 39.5 Å². The van der Waals surface area contributed by atoms with E-state index >= 15 is 0 Å². The summed E-state index contributed by atoms with van der Waals surface area (Å²) in [7, 11) is 3.28. The Morgan fingerprint density at radius 2 is 1.83 bits per heavy atom. The summed E-state index contributed by atoms with van der Waals surface area (Å²) in [5.41, 5.74) is 5.69. The highest BCUT2D eigenvalue weighted by molar-refractivity contribution is 7.99. The number of nitrogens with zero attached hydrogens (tertiary/aromatic N) is 3. The summed E-state index contributed by atoms with van der Waals surface area (Å²) < 4.78 is 6.97. The minimum absolute atomic E-state index is 0.145. The first-order valence-corrected chi connectivity index (χ1v) is 14.4. The Morgan fingerprint density at radius 3 is 2.61 bits per heavy atom. The number of esters is 1. The van der Waals surface area contributed by atoms with Gasteiger partial charge in [-0.25, -0.2) is 4.79 Å². The fourth-order valence-electron chi connectivity index (χ4n) is 4.35. The molecule has 1 N–H and O–H groups in total. The number of hydrogen-bond acceptors (Lipinski definition) is 8. The second-order valence-corrected chi connectivity index (χ2v) is 11.5. The Labute approximate surface area is 221 Å². The fraction of sp³-hybridized carbons (Fsp3) is 0.308. The second kappa shape index (κ2) is 10.6. The van der Waals surface area contributed by atoms with E-state index in [1.165, 1.54) is 53.5 Å². The van der Waals surface area contributed by atoms with Gasteiger partial charge in [-0.2, -0.15) is 0 Å². The topological polar surface area (TPSA) is 86.1 Å². The van der Waals surface area contributed by atoms with Gasteiger partial charge < -0.3 is 14.6 Å². The highest BCUT2D eigenvalue weighted by atomic mass is 32.2. The maximum Gasteiger partial charge on any atom is 0.341 e. The molecule has 5 rings (SSSR count). The third kappa shape index (κ3) is 4.85. The van der Waals surface area contributed by atoms with Crippen molar-refractivity contribution in [1.82, 2.24) is 14.8 Å². The van der Waals surface area contributed by atoms with Gasteiger partial charge in [0, 0.05) is 33.8 Å². The monoisotopic (exact) mass is 538 g/mol. The number of fused-ring (bicyclic) bond motifs is 1. The van der Waals surface area contributed by atoms with Crippen molar-refractivity contribution in [2.24, 2.45) is 7.05 Å². The number of hydrogen-bond donors (Lipinski definition) is 1. The third-order valence-corrected chi connectivity index (χ3v) is 9.27. The highest BCUT2D eigenvalue weighted by Crippen LogP contribution is 2.38. The zero-order valence-electron chi connectivity index (χ0n) is 20.3. The molecular formula is C26H26N4O3S3. The molecule has 10 heteroatoms. The van der Waals surface area contributed by atoms with Crippen molar-refractivity contribution in [1.29, 1.82) is 0 Å². The van der Waals surface area contributed by atoms with Gasteiger partial charge in [0.2, 0.25) is 5.91 Å². The summed E-state index contributed by atoms with van der Waals surface area (Å²) in [5, 5.41) is 16.9. The number of aromatic nitrogens is 3. The number of nitrogens with one attached hydrogen (secondary N) is 1. The molecule has 0 bridgehead atoms. The summed E-state index contributed by atoms with van der Waals surface area (Å²) in [6.45, 7) is 2.01. The van der Waals surface area contributed by atoms with E-state index in [9.17, 15) is 9.59 Å². The number of methoxy groups -OCH3 is 1. The van der Waals surface area contributed by atoms with Crippen LogP contribution in [0.4, 0.5) is 5.00 Å². The minimum Gasteiger partial charge on any atom is -0.465 e. The maximum absolute atomic E-state index is 12.8. The van der Waals surface area contributed by atoms with Gasteiger partial charge in [-0.3, -0.25) is 4.79 Å². The largest absolute Gasteiger partial charge is 0.465 e. The van der Waals surface area contributed by atoms with Crippen LogP contribution in [0.15, 0.2) is 40.2 Å². The number of aryl methyl sites for hydroxylation is 2. The molecule has 186 valence electrons. The zero-order valence-corrected chi connectivity index (χ0v) is 22.7. The molecule has 0 saturated carbocycles. The van der Waals surface area contributed by atoms with Crippen molar-refractivity contribution in [3.05, 3.63) is 56.6 Å². The van der Waals surface area contributed by atoms with E-state index in [4.69, 9.17) is 4.74 Å². The van der Waals surface area contributed by atoms with Crippen LogP contribution in [0.5, 0.6) is 0 Å². The lowest BCUT2D eigenvalue weighted by Gasteiger charge is -2.12. The first kappa shape index (κ1) is 24.7. The van der Waals surface area contributed by atoms with E-state index in [1.807, 2.05) is 48.2 Å². The predicted molar refractivity (Wildman–Crippen MR) is 146 cm³/mol. The smallest absolute Gasteiger partial charge is 0.341 e. The molecule has 7 nitrogen and oxygen atoms in total. The van der Waals surface area contributed by atoms with E-state index in [1.54, 1.807) is 11.3 Å². The highest BCUT2D eigenvalue weighted by Gasteiger charge is 2.24. The van der Waals surface area contributed by atoms with Crippen molar-refractivity contribution in [2.45, 2.75) is 37.8 Å². The number of ether oxygens (including phenoxy) is 1. The van der Waals surface area contributed by atoms with Crippen molar-refractivity contribution in [2.75, 3.05) is 18.2 Å². The van der Waals surface area contributed by atoms with Crippen molar-refractivity contribution >= 4 is 51.3 Å². The SMILES string of the molecule is COC(=O)c1c(-c2ccc(C)cc2)csc1NC(=O)CSc1nnc(-c2csc3c2CCCC3)n1C. The Hall–Kier alpha value is -2.95. The minimum atomic E-state index is -0.480. The van der Waals surface area contributed by atoms with E-state index in [2.05, 4.69) is 20.9 Å². The molecule has 0 fully saturated rings. The summed E-state index contributed by atoms with van der Waals surface area (Å²) in [4.78, 5) is 26.9. The van der Waals surface area contributed by atoms with Gasteiger partial charge >= 0.3 is 5.97 Å². The number of anilines is 1. The Kier molecular flexibility index (Phi) is 7.27. The summed E-state index contributed by atoms with van der Waals surface area (Å²) >= 11 is 4.44. The van der Waals surface area contributed by atoms with Gasteiger partial charge in [0.25, 0.3) is 0 Å². The van der Waals surface area contributed by atoms with Gasteiger partial charge in [0.1, 0.15) is 10.6 Å². The summed E-state index contributed by atoms with van der Waals surface area (Å²) in [5.74, 6) is 0.282. The molecule has 4 aromatic rings. The third-order valence-electron chi connectivity index (χ3n) is 6.27. The molecule has 1 aliphatic carbocycles. The molecule has 0 unspecified atom stereocenters. The van der Waals surface area contributed by atoms with Gasteiger partial charge in [0.05, 0.1) is 12.9 Å². The zero-order chi connectivity index (χ0) is 25.2. The van der Waals surface area contributed by atoms with Crippen molar-refractivity contribution < 1.29 is 14.3 Å². The van der Waals surface area contributed by atoms with Crippen LogP contribution in [0.25, 0.3) is 22.5 Å². The first-order valence-electron chi connectivity index (χ1n) is 11.6. The first-order chi connectivity index (χ1) is 17.5. The normalized spacial score (nSPS) is 12.9. The lowest BCUT2D eigenvalue weighted by atomic mass is 9.96. The molecule has 3 aromatic heterocycles. The number of carbonyl (C=O) groups excluding carboxylic acids is 2. The average Bonchev–Trinajstić information content (AvgIpc) is 3.59. The molecule has 0 atom stereocenters. The fourth-order valence-corrected chi connectivity index (χ4v) is 7.16. The molecule has 0 aliphatic heterocycles. The van der Waals surface area contributed by atoms with Crippen molar-refractivity contribution in [3.63, 3.8) is 0 Å². The lowest BCUT2D eigenvalue weighted by molar-refractivity contribution is -0.113. The van der Waals surface area contributed by atoms with Gasteiger partial charge in [-0.05, 0) is 43.7 Å². The Bertz CT molecular complexity index is 1420. The molecule has 36 heavy (non-hydrogen) atoms. The number of amides is 1. The maximum atomic E-state index is 12.8. The van der Waals surface area contributed by atoms with Crippen LogP contribution >= 0.6 is 34.4 Å². The number of rotatable bonds is 7. The summed E-state index contributed by atoms with van der Waals surface area (Å²) in [6.07, 6.45) is 4.68. The second-order valence-electron chi connectivity index (χ2n) is 8.67. The predicted octanol–water partition coefficient (Wildman–Crippen LogP) is 5.98. The molecule has 0 radical (unpaired) electrons. The molecular weight excluding hydrogens is 513 g/mol. The molecule has 0 spiro atoms. The van der Waals surface area contributed by atoms with E-state index in [0.29, 0.717) is 15.7 Å². The molecule has 3 heterocycles. The number of benzene rings is 1. The molecule has 1 aromatic carbocycles. The van der Waals surface area contributed by atoms with E-state index in [0.717, 1.165) is 40.9 Å². The van der Waals surface area contributed by atoms with Gasteiger partial charge in [0.15, 0.2) is 11.0 Å². The van der Waals surface area contributed by atoms with Gasteiger partial charge in [-0.15, -0.1) is 32.9 Å². The molecule has 0 saturated heterocycles. The van der Waals surface area contributed by atoms with Crippen LogP contribution in [0.2, 0.25) is 0 Å². The Balaban J connectivity index is 1.30. The Morgan fingerprint density at radius 1 is 1.08 bits per heavy atom. The summed E-state index contributed by atoms with van der Waals surface area (Å²) in [6, 6.07) is 7.90. The van der Waals surface area contributed by atoms with Crippen LogP contribution in [-0.2, 0) is 29.4 Å². The van der Waals surface area contributed by atoms with Crippen LogP contribution in [0.3, 0.4) is 0 Å². The quantitative estimate of drug-likeness (QED) is 0.230. The van der Waals surface area contributed by atoms with E-state index < -0.39 is 5.97 Å². The standard InChI is InChI=1S/C26H26N4O3S3/c1-15-8-10-16(11-9-15)18-12-35-24(22(18)25(32)33-3)27-21(31)14-36-26-29-28-23(30(26)2)19-13-34-20-7-5-4-6-17(19)20/h8-13H,4-7,14H2,1-3H3,(H,27,31). The number of thioether (sulfide) groups is 1. The number of carbonyl (C=O) groups is 2.